The smallest absolute Gasteiger partial charge is 0.261 e. The largest absolute Gasteiger partial charge is 0.342 e. The molecule has 0 aliphatic carbocycles. The van der Waals surface area contributed by atoms with Gasteiger partial charge in [-0.1, -0.05) is 24.6 Å². The zero-order chi connectivity index (χ0) is 19.3. The number of aromatic nitrogens is 3. The van der Waals surface area contributed by atoms with Crippen molar-refractivity contribution >= 4 is 28.8 Å². The van der Waals surface area contributed by atoms with Crippen LogP contribution >= 0.6 is 11.3 Å². The molecule has 4 rings (SSSR count). The van der Waals surface area contributed by atoms with Crippen LogP contribution in [0.15, 0.2) is 41.8 Å². The van der Waals surface area contributed by atoms with Crippen LogP contribution in [0.4, 0.5) is 5.69 Å². The number of fused-ring (bicyclic) bond motifs is 1. The first-order valence-corrected chi connectivity index (χ1v) is 10.2. The Morgan fingerprint density at radius 1 is 1.11 bits per heavy atom. The van der Waals surface area contributed by atoms with E-state index in [2.05, 4.69) is 25.4 Å². The average molecular weight is 395 g/mol. The van der Waals surface area contributed by atoms with Gasteiger partial charge < -0.3 is 15.2 Å². The summed E-state index contributed by atoms with van der Waals surface area (Å²) in [5.41, 5.74) is 1.58. The van der Waals surface area contributed by atoms with Crippen molar-refractivity contribution in [2.45, 2.75) is 32.2 Å². The van der Waals surface area contributed by atoms with Crippen molar-refractivity contribution < 1.29 is 9.59 Å². The molecule has 0 radical (unpaired) electrons. The molecule has 8 heteroatoms. The molecule has 0 spiro atoms. The Kier molecular flexibility index (Phi) is 5.48. The normalized spacial score (nSPS) is 13.4. The van der Waals surface area contributed by atoms with E-state index in [4.69, 9.17) is 0 Å². The molecule has 1 aromatic carbocycles. The van der Waals surface area contributed by atoms with Crippen LogP contribution in [-0.4, -0.2) is 33.1 Å². The number of hydrogen-bond donors (Lipinski definition) is 2. The number of thiophene rings is 1. The molecule has 144 valence electrons. The molecule has 2 aromatic heterocycles. The predicted octanol–water partition coefficient (Wildman–Crippen LogP) is 3.10. The fraction of sp³-hybridized carbons (Fsp3) is 0.300. The zero-order valence-electron chi connectivity index (χ0n) is 15.4. The predicted molar refractivity (Wildman–Crippen MR) is 108 cm³/mol. The second-order valence-electron chi connectivity index (χ2n) is 6.69. The second kappa shape index (κ2) is 8.35. The van der Waals surface area contributed by atoms with Gasteiger partial charge in [0.2, 0.25) is 5.91 Å². The van der Waals surface area contributed by atoms with Crippen LogP contribution < -0.4 is 10.6 Å². The van der Waals surface area contributed by atoms with E-state index in [-0.39, 0.29) is 18.4 Å². The number of carbonyl (C=O) groups is 2. The lowest BCUT2D eigenvalue weighted by molar-refractivity contribution is -0.115. The number of amides is 2. The van der Waals surface area contributed by atoms with Gasteiger partial charge in [0, 0.05) is 24.2 Å². The van der Waals surface area contributed by atoms with Crippen LogP contribution in [0.25, 0.3) is 11.4 Å². The van der Waals surface area contributed by atoms with Gasteiger partial charge in [-0.25, -0.2) is 0 Å². The minimum atomic E-state index is -0.276. The highest BCUT2D eigenvalue weighted by Gasteiger charge is 2.16. The summed E-state index contributed by atoms with van der Waals surface area (Å²) >= 11 is 1.34. The molecule has 0 atom stereocenters. The number of nitrogens with one attached hydrogen (secondary N) is 2. The minimum Gasteiger partial charge on any atom is -0.342 e. The number of nitrogens with zero attached hydrogens (tertiary/aromatic N) is 3. The van der Waals surface area contributed by atoms with E-state index >= 15 is 0 Å². The number of rotatable bonds is 5. The highest BCUT2D eigenvalue weighted by atomic mass is 32.1. The SMILES string of the molecule is O=C(CNC(=O)c1cccs1)Nc1cccc(-c2nnc3n2CCCCC3)c1. The molecule has 1 aliphatic heterocycles. The average Bonchev–Trinajstić information content (AvgIpc) is 3.32. The quantitative estimate of drug-likeness (QED) is 0.695. The van der Waals surface area contributed by atoms with Gasteiger partial charge in [-0.3, -0.25) is 9.59 Å². The Labute approximate surface area is 166 Å². The molecule has 0 fully saturated rings. The van der Waals surface area contributed by atoms with E-state index in [9.17, 15) is 9.59 Å². The first kappa shape index (κ1) is 18.4. The van der Waals surface area contributed by atoms with E-state index in [0.29, 0.717) is 10.6 Å². The summed E-state index contributed by atoms with van der Waals surface area (Å²) in [5.74, 6) is 1.34. The minimum absolute atomic E-state index is 0.0821. The van der Waals surface area contributed by atoms with Crippen molar-refractivity contribution in [3.05, 3.63) is 52.5 Å². The molecule has 3 heterocycles. The third-order valence-corrected chi connectivity index (χ3v) is 5.54. The van der Waals surface area contributed by atoms with Crippen LogP contribution in [-0.2, 0) is 17.8 Å². The molecular weight excluding hydrogens is 374 g/mol. The van der Waals surface area contributed by atoms with Crippen molar-refractivity contribution in [3.63, 3.8) is 0 Å². The highest BCUT2D eigenvalue weighted by Crippen LogP contribution is 2.24. The summed E-state index contributed by atoms with van der Waals surface area (Å²) in [6.45, 7) is 0.838. The van der Waals surface area contributed by atoms with E-state index in [1.54, 1.807) is 12.1 Å². The highest BCUT2D eigenvalue weighted by molar-refractivity contribution is 7.12. The molecule has 0 saturated carbocycles. The van der Waals surface area contributed by atoms with Crippen molar-refractivity contribution in [3.8, 4) is 11.4 Å². The third kappa shape index (κ3) is 4.12. The molecule has 7 nitrogen and oxygen atoms in total. The summed E-state index contributed by atoms with van der Waals surface area (Å²) in [7, 11) is 0. The maximum atomic E-state index is 12.2. The number of anilines is 1. The van der Waals surface area contributed by atoms with Gasteiger partial charge in [0.25, 0.3) is 5.91 Å². The van der Waals surface area contributed by atoms with E-state index in [1.807, 2.05) is 29.6 Å². The lowest BCUT2D eigenvalue weighted by atomic mass is 10.2. The van der Waals surface area contributed by atoms with Gasteiger partial charge in [-0.05, 0) is 36.4 Å². The van der Waals surface area contributed by atoms with Gasteiger partial charge in [0.05, 0.1) is 11.4 Å². The molecular formula is C20H21N5O2S. The molecule has 0 saturated heterocycles. The Hall–Kier alpha value is -3.00. The van der Waals surface area contributed by atoms with Crippen LogP contribution in [0.2, 0.25) is 0 Å². The Morgan fingerprint density at radius 3 is 2.89 bits per heavy atom. The zero-order valence-corrected chi connectivity index (χ0v) is 16.2. The fourth-order valence-corrected chi connectivity index (χ4v) is 3.94. The van der Waals surface area contributed by atoms with Crippen molar-refractivity contribution in [1.29, 1.82) is 0 Å². The summed E-state index contributed by atoms with van der Waals surface area (Å²) in [6.07, 6.45) is 4.42. The maximum Gasteiger partial charge on any atom is 0.261 e. The number of hydrogen-bond acceptors (Lipinski definition) is 5. The second-order valence-corrected chi connectivity index (χ2v) is 7.64. The van der Waals surface area contributed by atoms with Crippen LogP contribution in [0, 0.1) is 0 Å². The first-order chi connectivity index (χ1) is 13.7. The third-order valence-electron chi connectivity index (χ3n) is 4.67. The molecule has 0 bridgehead atoms. The van der Waals surface area contributed by atoms with Gasteiger partial charge in [0.1, 0.15) is 5.82 Å². The molecule has 1 aliphatic rings. The van der Waals surface area contributed by atoms with E-state index < -0.39 is 0 Å². The Balaban J connectivity index is 1.42. The number of carbonyl (C=O) groups excluding carboxylic acids is 2. The molecule has 28 heavy (non-hydrogen) atoms. The van der Waals surface area contributed by atoms with Crippen molar-refractivity contribution in [2.24, 2.45) is 0 Å². The monoisotopic (exact) mass is 395 g/mol. The number of aryl methyl sites for hydroxylation is 1. The first-order valence-electron chi connectivity index (χ1n) is 9.35. The Morgan fingerprint density at radius 2 is 2.04 bits per heavy atom. The molecule has 2 N–H and O–H groups in total. The lowest BCUT2D eigenvalue weighted by Gasteiger charge is -2.10. The summed E-state index contributed by atoms with van der Waals surface area (Å²) in [5, 5.41) is 16.0. The summed E-state index contributed by atoms with van der Waals surface area (Å²) in [4.78, 5) is 24.7. The van der Waals surface area contributed by atoms with Crippen LogP contribution in [0.1, 0.15) is 34.8 Å². The fourth-order valence-electron chi connectivity index (χ4n) is 3.30. The van der Waals surface area contributed by atoms with E-state index in [1.165, 1.54) is 17.8 Å². The maximum absolute atomic E-state index is 12.2. The van der Waals surface area contributed by atoms with Gasteiger partial charge >= 0.3 is 0 Å². The lowest BCUT2D eigenvalue weighted by Crippen LogP contribution is -2.32. The summed E-state index contributed by atoms with van der Waals surface area (Å²) < 4.78 is 2.18. The van der Waals surface area contributed by atoms with Crippen LogP contribution in [0.5, 0.6) is 0 Å². The van der Waals surface area contributed by atoms with Gasteiger partial charge in [0.15, 0.2) is 5.82 Å². The standard InChI is InChI=1S/C20H21N5O2S/c26-18(13-21-20(27)16-8-5-11-28-16)22-15-7-4-6-14(12-15)19-24-23-17-9-2-1-3-10-25(17)19/h4-8,11-12H,1-3,9-10,13H2,(H,21,27)(H,22,26). The summed E-state index contributed by atoms with van der Waals surface area (Å²) in [6, 6.07) is 11.1. The van der Waals surface area contributed by atoms with Gasteiger partial charge in [-0.15, -0.1) is 21.5 Å². The van der Waals surface area contributed by atoms with Gasteiger partial charge in [-0.2, -0.15) is 0 Å². The molecule has 3 aromatic rings. The van der Waals surface area contributed by atoms with Crippen molar-refractivity contribution in [2.75, 3.05) is 11.9 Å². The van der Waals surface area contributed by atoms with E-state index in [0.717, 1.165) is 43.0 Å². The topological polar surface area (TPSA) is 88.9 Å². The Bertz CT molecular complexity index is 980. The van der Waals surface area contributed by atoms with Crippen molar-refractivity contribution in [1.82, 2.24) is 20.1 Å². The number of benzene rings is 1. The molecule has 0 unspecified atom stereocenters. The molecule has 2 amide bonds. The van der Waals surface area contributed by atoms with Crippen LogP contribution in [0.3, 0.4) is 0 Å².